The van der Waals surface area contributed by atoms with E-state index in [9.17, 15) is 18.0 Å². The number of likely N-dealkylation sites (tertiary alicyclic amines) is 1. The summed E-state index contributed by atoms with van der Waals surface area (Å²) in [5.74, 6) is 0.969. The highest BCUT2D eigenvalue weighted by Crippen LogP contribution is 2.33. The Balaban J connectivity index is 1.16. The molecule has 0 aliphatic carbocycles. The van der Waals surface area contributed by atoms with E-state index in [0.717, 1.165) is 0 Å². The van der Waals surface area contributed by atoms with Crippen LogP contribution in [0, 0.1) is 19.8 Å². The smallest absolute Gasteiger partial charge is 0.263 e. The lowest BCUT2D eigenvalue weighted by molar-refractivity contribution is -0.123. The van der Waals surface area contributed by atoms with E-state index < -0.39 is 10.0 Å². The van der Waals surface area contributed by atoms with Crippen LogP contribution in [0.15, 0.2) is 53.4 Å². The zero-order valence-electron chi connectivity index (χ0n) is 19.5. The number of nitrogens with one attached hydrogen (secondary N) is 2. The van der Waals surface area contributed by atoms with Crippen molar-refractivity contribution < 1.29 is 27.5 Å². The summed E-state index contributed by atoms with van der Waals surface area (Å²) in [5, 5.41) is 2.77. The number of carbonyl (C=O) groups excluding carboxylic acids is 2. The molecular formula is C24H23N5O6S. The van der Waals surface area contributed by atoms with Gasteiger partial charge >= 0.3 is 0 Å². The number of rotatable bonds is 6. The molecule has 1 aromatic heterocycles. The molecule has 5 rings (SSSR count). The highest BCUT2D eigenvalue weighted by atomic mass is 32.2. The van der Waals surface area contributed by atoms with Gasteiger partial charge in [0.15, 0.2) is 11.5 Å². The molecule has 11 nitrogen and oxygen atoms in total. The normalized spacial score (nSPS) is 14.8. The Kier molecular flexibility index (Phi) is 5.96. The predicted octanol–water partition coefficient (Wildman–Crippen LogP) is 2.33. The summed E-state index contributed by atoms with van der Waals surface area (Å²) in [6.07, 6.45) is 0. The highest BCUT2D eigenvalue weighted by molar-refractivity contribution is 7.92. The molecule has 0 unspecified atom stereocenters. The van der Waals surface area contributed by atoms with E-state index in [0.29, 0.717) is 34.3 Å². The molecule has 2 aromatic carbocycles. The first-order valence-electron chi connectivity index (χ1n) is 11.1. The number of aryl methyl sites for hydroxylation is 2. The lowest BCUT2D eigenvalue weighted by atomic mass is 9.97. The van der Waals surface area contributed by atoms with Crippen LogP contribution in [-0.2, 0) is 14.8 Å². The molecule has 3 aromatic rings. The van der Waals surface area contributed by atoms with Gasteiger partial charge in [0.1, 0.15) is 11.6 Å². The summed E-state index contributed by atoms with van der Waals surface area (Å²) in [6, 6.07) is 12.3. The third-order valence-corrected chi connectivity index (χ3v) is 7.17. The number of amides is 2. The Morgan fingerprint density at radius 3 is 2.42 bits per heavy atom. The fourth-order valence-electron chi connectivity index (χ4n) is 3.95. The van der Waals surface area contributed by atoms with Gasteiger partial charge in [-0.3, -0.25) is 14.3 Å². The van der Waals surface area contributed by atoms with Crippen molar-refractivity contribution in [1.82, 2.24) is 14.9 Å². The summed E-state index contributed by atoms with van der Waals surface area (Å²) in [6.45, 7) is 4.12. The van der Waals surface area contributed by atoms with Crippen molar-refractivity contribution in [2.75, 3.05) is 29.9 Å². The van der Waals surface area contributed by atoms with Crippen LogP contribution in [0.3, 0.4) is 0 Å². The van der Waals surface area contributed by atoms with Gasteiger partial charge in [-0.15, -0.1) is 0 Å². The number of fused-ring (bicyclic) bond motifs is 1. The molecule has 0 atom stereocenters. The quantitative estimate of drug-likeness (QED) is 0.516. The van der Waals surface area contributed by atoms with E-state index in [1.807, 2.05) is 0 Å². The summed E-state index contributed by atoms with van der Waals surface area (Å²) in [5.41, 5.74) is 1.56. The number of hydrogen-bond donors (Lipinski definition) is 2. The standard InChI is InChI=1S/C24H23N5O6S/c1-14-9-22(26-15(2)25-14)28-36(32,33)19-6-4-18(5-7-19)27-23(30)17-11-29(12-17)24(31)16-3-8-20-21(10-16)35-13-34-20/h3-10,17H,11-13H2,1-2H3,(H,27,30)(H,25,26,28). The van der Waals surface area contributed by atoms with Crippen LogP contribution in [0.1, 0.15) is 21.9 Å². The van der Waals surface area contributed by atoms with E-state index in [-0.39, 0.29) is 48.3 Å². The molecule has 1 saturated heterocycles. The summed E-state index contributed by atoms with van der Waals surface area (Å²) >= 11 is 0. The number of carbonyl (C=O) groups is 2. The Labute approximate surface area is 207 Å². The van der Waals surface area contributed by atoms with Crippen molar-refractivity contribution in [3.8, 4) is 11.5 Å². The van der Waals surface area contributed by atoms with E-state index >= 15 is 0 Å². The fraction of sp³-hybridized carbons (Fsp3) is 0.250. The third kappa shape index (κ3) is 4.80. The second-order valence-electron chi connectivity index (χ2n) is 8.54. The fourth-order valence-corrected chi connectivity index (χ4v) is 4.94. The molecular weight excluding hydrogens is 486 g/mol. The van der Waals surface area contributed by atoms with E-state index in [1.54, 1.807) is 43.0 Å². The molecule has 1 fully saturated rings. The molecule has 2 aliphatic rings. The van der Waals surface area contributed by atoms with Crippen molar-refractivity contribution in [2.24, 2.45) is 5.92 Å². The molecule has 186 valence electrons. The molecule has 0 spiro atoms. The van der Waals surface area contributed by atoms with Gasteiger partial charge in [-0.1, -0.05) is 0 Å². The number of sulfonamides is 1. The summed E-state index contributed by atoms with van der Waals surface area (Å²) < 4.78 is 38.4. The maximum absolute atomic E-state index is 12.7. The van der Waals surface area contributed by atoms with E-state index in [1.165, 1.54) is 24.3 Å². The lowest BCUT2D eigenvalue weighted by Crippen LogP contribution is -2.54. The molecule has 36 heavy (non-hydrogen) atoms. The maximum Gasteiger partial charge on any atom is 0.263 e. The van der Waals surface area contributed by atoms with Crippen LogP contribution in [-0.4, -0.2) is 55.0 Å². The topological polar surface area (TPSA) is 140 Å². The maximum atomic E-state index is 12.7. The second kappa shape index (κ2) is 9.11. The van der Waals surface area contributed by atoms with Crippen LogP contribution in [0.25, 0.3) is 0 Å². The molecule has 2 N–H and O–H groups in total. The second-order valence-corrected chi connectivity index (χ2v) is 10.2. The molecule has 0 radical (unpaired) electrons. The largest absolute Gasteiger partial charge is 0.454 e. The Morgan fingerprint density at radius 1 is 0.972 bits per heavy atom. The third-order valence-electron chi connectivity index (χ3n) is 5.80. The van der Waals surface area contributed by atoms with Crippen LogP contribution >= 0.6 is 0 Å². The van der Waals surface area contributed by atoms with Gasteiger partial charge < -0.3 is 19.7 Å². The van der Waals surface area contributed by atoms with Crippen LogP contribution in [0.4, 0.5) is 11.5 Å². The van der Waals surface area contributed by atoms with Crippen molar-refractivity contribution in [1.29, 1.82) is 0 Å². The zero-order chi connectivity index (χ0) is 25.4. The van der Waals surface area contributed by atoms with Crippen LogP contribution in [0.5, 0.6) is 11.5 Å². The molecule has 12 heteroatoms. The molecule has 2 aliphatic heterocycles. The molecule has 2 amide bonds. The first-order valence-corrected chi connectivity index (χ1v) is 12.6. The number of hydrogen-bond acceptors (Lipinski definition) is 8. The van der Waals surface area contributed by atoms with Gasteiger partial charge in [0, 0.05) is 36.1 Å². The number of anilines is 2. The minimum absolute atomic E-state index is 0.0264. The van der Waals surface area contributed by atoms with Crippen molar-refractivity contribution in [3.63, 3.8) is 0 Å². The lowest BCUT2D eigenvalue weighted by Gasteiger charge is -2.38. The number of aromatic nitrogens is 2. The minimum atomic E-state index is -3.86. The highest BCUT2D eigenvalue weighted by Gasteiger charge is 2.36. The predicted molar refractivity (Wildman–Crippen MR) is 129 cm³/mol. The van der Waals surface area contributed by atoms with Crippen LogP contribution in [0.2, 0.25) is 0 Å². The molecule has 0 bridgehead atoms. The summed E-state index contributed by atoms with van der Waals surface area (Å²) in [7, 11) is -3.86. The van der Waals surface area contributed by atoms with Gasteiger partial charge in [0.2, 0.25) is 12.7 Å². The minimum Gasteiger partial charge on any atom is -0.454 e. The van der Waals surface area contributed by atoms with Gasteiger partial charge in [-0.2, -0.15) is 0 Å². The molecule has 3 heterocycles. The SMILES string of the molecule is Cc1cc(NS(=O)(=O)c2ccc(NC(=O)C3CN(C(=O)c4ccc5c(c4)OCO5)C3)cc2)nc(C)n1. The van der Waals surface area contributed by atoms with Gasteiger partial charge in [-0.25, -0.2) is 18.4 Å². The van der Waals surface area contributed by atoms with Crippen molar-refractivity contribution in [2.45, 2.75) is 18.7 Å². The van der Waals surface area contributed by atoms with Gasteiger partial charge in [-0.05, 0) is 56.3 Å². The Bertz CT molecular complexity index is 1430. The van der Waals surface area contributed by atoms with Gasteiger partial charge in [0.05, 0.1) is 10.8 Å². The average molecular weight is 510 g/mol. The zero-order valence-corrected chi connectivity index (χ0v) is 20.3. The van der Waals surface area contributed by atoms with Crippen molar-refractivity contribution >= 4 is 33.3 Å². The number of nitrogens with zero attached hydrogens (tertiary/aromatic N) is 3. The first-order chi connectivity index (χ1) is 17.2. The van der Waals surface area contributed by atoms with Crippen LogP contribution < -0.4 is 19.5 Å². The number of benzene rings is 2. The Hall–Kier alpha value is -4.19. The number of ether oxygens (including phenoxy) is 2. The van der Waals surface area contributed by atoms with E-state index in [2.05, 4.69) is 20.0 Å². The van der Waals surface area contributed by atoms with Gasteiger partial charge in [0.25, 0.3) is 15.9 Å². The average Bonchev–Trinajstić information content (AvgIpc) is 3.25. The first kappa shape index (κ1) is 23.5. The Morgan fingerprint density at radius 2 is 1.69 bits per heavy atom. The monoisotopic (exact) mass is 509 g/mol. The van der Waals surface area contributed by atoms with Crippen molar-refractivity contribution in [3.05, 3.63) is 65.6 Å². The summed E-state index contributed by atoms with van der Waals surface area (Å²) in [4.78, 5) is 35.1. The van der Waals surface area contributed by atoms with E-state index in [4.69, 9.17) is 9.47 Å². The molecule has 0 saturated carbocycles.